The zero-order valence-corrected chi connectivity index (χ0v) is 10.3. The number of carbonyl (C=O) groups is 2. The molecule has 3 atom stereocenters. The van der Waals surface area contributed by atoms with Crippen molar-refractivity contribution in [2.75, 3.05) is 19.4 Å². The summed E-state index contributed by atoms with van der Waals surface area (Å²) in [5, 5.41) is 9.03. The van der Waals surface area contributed by atoms with Gasteiger partial charge in [-0.3, -0.25) is 4.79 Å². The van der Waals surface area contributed by atoms with E-state index in [1.54, 1.807) is 6.92 Å². The minimum absolute atomic E-state index is 0.165. The Hall–Kier alpha value is -0.750. The Labute approximate surface area is 100 Å². The van der Waals surface area contributed by atoms with E-state index in [0.29, 0.717) is 18.7 Å². The highest BCUT2D eigenvalue weighted by Gasteiger charge is 2.40. The van der Waals surface area contributed by atoms with Gasteiger partial charge in [0.15, 0.2) is 0 Å². The van der Waals surface area contributed by atoms with E-state index in [4.69, 9.17) is 9.84 Å². The first-order chi connectivity index (χ1) is 7.51. The third-order valence-corrected chi connectivity index (χ3v) is 3.41. The molecule has 0 saturated carbocycles. The Kier molecular flexibility index (Phi) is 4.61. The van der Waals surface area contributed by atoms with Gasteiger partial charge in [-0.15, -0.1) is 0 Å². The van der Waals surface area contributed by atoms with E-state index >= 15 is 0 Å². The number of methoxy groups -OCH3 is 1. The van der Waals surface area contributed by atoms with Crippen LogP contribution in [0.2, 0.25) is 0 Å². The van der Waals surface area contributed by atoms with Crippen molar-refractivity contribution in [2.24, 2.45) is 5.92 Å². The zero-order valence-electron chi connectivity index (χ0n) is 9.42. The number of ether oxygens (including phenoxy) is 1. The average molecular weight is 247 g/mol. The first-order valence-electron chi connectivity index (χ1n) is 5.18. The van der Waals surface area contributed by atoms with E-state index in [1.165, 1.54) is 12.0 Å². The maximum atomic E-state index is 11.9. The van der Waals surface area contributed by atoms with Crippen molar-refractivity contribution >= 4 is 24.5 Å². The molecule has 1 amide bonds. The highest BCUT2D eigenvalue weighted by molar-refractivity contribution is 7.80. The first-order valence-corrected chi connectivity index (χ1v) is 5.81. The van der Waals surface area contributed by atoms with Crippen LogP contribution in [0.15, 0.2) is 0 Å². The van der Waals surface area contributed by atoms with Crippen LogP contribution in [0.1, 0.15) is 13.3 Å². The van der Waals surface area contributed by atoms with Crippen LogP contribution in [0.25, 0.3) is 0 Å². The molecule has 1 rings (SSSR count). The molecule has 1 heterocycles. The molecule has 0 bridgehead atoms. The number of rotatable bonds is 4. The molecule has 0 aliphatic carbocycles. The standard InChI is InChI=1S/C10H17NO4S/c1-6(5-16)9(12)11-4-7(15-2)3-8(11)10(13)14/h6-8,16H,3-5H2,1-2H3,(H,13,14)/t6-,7+,8+/m1/s1. The molecule has 6 heteroatoms. The van der Waals surface area contributed by atoms with Crippen molar-refractivity contribution in [1.82, 2.24) is 4.90 Å². The van der Waals surface area contributed by atoms with E-state index in [-0.39, 0.29) is 17.9 Å². The third kappa shape index (κ3) is 2.68. The van der Waals surface area contributed by atoms with E-state index < -0.39 is 12.0 Å². The van der Waals surface area contributed by atoms with E-state index in [0.717, 1.165) is 0 Å². The van der Waals surface area contributed by atoms with Gasteiger partial charge in [0.1, 0.15) is 6.04 Å². The molecule has 16 heavy (non-hydrogen) atoms. The fourth-order valence-electron chi connectivity index (χ4n) is 1.81. The molecule has 0 unspecified atom stereocenters. The predicted molar refractivity (Wildman–Crippen MR) is 61.6 cm³/mol. The third-order valence-electron chi connectivity index (χ3n) is 2.86. The topological polar surface area (TPSA) is 66.8 Å². The number of carbonyl (C=O) groups excluding carboxylic acids is 1. The van der Waals surface area contributed by atoms with E-state index in [9.17, 15) is 9.59 Å². The summed E-state index contributed by atoms with van der Waals surface area (Å²) in [5.74, 6) is -0.985. The molecule has 0 radical (unpaired) electrons. The lowest BCUT2D eigenvalue weighted by atomic mass is 10.1. The molecule has 1 aliphatic heterocycles. The van der Waals surface area contributed by atoms with Crippen molar-refractivity contribution in [2.45, 2.75) is 25.5 Å². The molecule has 0 aromatic rings. The number of aliphatic carboxylic acids is 1. The molecular formula is C10H17NO4S. The predicted octanol–water partition coefficient (Wildman–Crippen LogP) is 0.253. The van der Waals surface area contributed by atoms with Gasteiger partial charge in [0.05, 0.1) is 6.10 Å². The Morgan fingerprint density at radius 1 is 1.62 bits per heavy atom. The van der Waals surface area contributed by atoms with E-state index in [1.807, 2.05) is 0 Å². The smallest absolute Gasteiger partial charge is 0.326 e. The highest BCUT2D eigenvalue weighted by Crippen LogP contribution is 2.22. The molecule has 92 valence electrons. The average Bonchev–Trinajstić information content (AvgIpc) is 2.71. The van der Waals surface area contributed by atoms with Crippen LogP contribution in [0.4, 0.5) is 0 Å². The number of likely N-dealkylation sites (tertiary alicyclic amines) is 1. The molecule has 0 spiro atoms. The number of hydrogen-bond acceptors (Lipinski definition) is 4. The number of nitrogens with zero attached hydrogens (tertiary/aromatic N) is 1. The lowest BCUT2D eigenvalue weighted by molar-refractivity contribution is -0.149. The number of carboxylic acids is 1. The number of amides is 1. The van der Waals surface area contributed by atoms with Gasteiger partial charge in [-0.2, -0.15) is 12.6 Å². The van der Waals surface area contributed by atoms with Crippen LogP contribution in [0.5, 0.6) is 0 Å². The minimum atomic E-state index is -0.973. The van der Waals surface area contributed by atoms with Gasteiger partial charge < -0.3 is 14.7 Å². The maximum Gasteiger partial charge on any atom is 0.326 e. The van der Waals surface area contributed by atoms with Crippen LogP contribution in [0, 0.1) is 5.92 Å². The number of hydrogen-bond donors (Lipinski definition) is 2. The second-order valence-electron chi connectivity index (χ2n) is 4.02. The van der Waals surface area contributed by atoms with Gasteiger partial charge in [0.2, 0.25) is 5.91 Å². The van der Waals surface area contributed by atoms with Crippen molar-refractivity contribution in [3.8, 4) is 0 Å². The van der Waals surface area contributed by atoms with Gasteiger partial charge in [-0.05, 0) is 0 Å². The lowest BCUT2D eigenvalue weighted by Crippen LogP contribution is -2.43. The van der Waals surface area contributed by atoms with Gasteiger partial charge in [0, 0.05) is 31.7 Å². The number of carboxylic acid groups (broad SMARTS) is 1. The molecule has 0 aromatic carbocycles. The number of thiol groups is 1. The second kappa shape index (κ2) is 5.54. The Morgan fingerprint density at radius 3 is 2.69 bits per heavy atom. The van der Waals surface area contributed by atoms with Crippen molar-refractivity contribution in [1.29, 1.82) is 0 Å². The molecule has 1 aliphatic rings. The quantitative estimate of drug-likeness (QED) is 0.699. The van der Waals surface area contributed by atoms with Crippen molar-refractivity contribution < 1.29 is 19.4 Å². The monoisotopic (exact) mass is 247 g/mol. The summed E-state index contributed by atoms with van der Waals surface area (Å²) < 4.78 is 5.11. The van der Waals surface area contributed by atoms with Crippen LogP contribution in [-0.4, -0.2) is 53.4 Å². The van der Waals surface area contributed by atoms with Gasteiger partial charge in [-0.1, -0.05) is 6.92 Å². The van der Waals surface area contributed by atoms with Crippen LogP contribution in [0.3, 0.4) is 0 Å². The van der Waals surface area contributed by atoms with Gasteiger partial charge in [0.25, 0.3) is 0 Å². The van der Waals surface area contributed by atoms with Crippen molar-refractivity contribution in [3.05, 3.63) is 0 Å². The highest BCUT2D eigenvalue weighted by atomic mass is 32.1. The van der Waals surface area contributed by atoms with Gasteiger partial charge in [-0.25, -0.2) is 4.79 Å². The fourth-order valence-corrected chi connectivity index (χ4v) is 1.96. The summed E-state index contributed by atoms with van der Waals surface area (Å²) in [6.45, 7) is 2.10. The molecule has 0 aromatic heterocycles. The summed E-state index contributed by atoms with van der Waals surface area (Å²) in [5.41, 5.74) is 0. The largest absolute Gasteiger partial charge is 0.480 e. The van der Waals surface area contributed by atoms with Crippen LogP contribution >= 0.6 is 12.6 Å². The van der Waals surface area contributed by atoms with Crippen molar-refractivity contribution in [3.63, 3.8) is 0 Å². The fraction of sp³-hybridized carbons (Fsp3) is 0.800. The molecule has 5 nitrogen and oxygen atoms in total. The van der Waals surface area contributed by atoms with Crippen LogP contribution in [-0.2, 0) is 14.3 Å². The molecule has 1 N–H and O–H groups in total. The zero-order chi connectivity index (χ0) is 12.3. The second-order valence-corrected chi connectivity index (χ2v) is 4.39. The summed E-state index contributed by atoms with van der Waals surface area (Å²) in [4.78, 5) is 24.3. The summed E-state index contributed by atoms with van der Waals surface area (Å²) in [7, 11) is 1.53. The Morgan fingerprint density at radius 2 is 2.25 bits per heavy atom. The maximum absolute atomic E-state index is 11.9. The normalized spacial score (nSPS) is 26.8. The molecular weight excluding hydrogens is 230 g/mol. The SMILES string of the molecule is CO[C@H]1C[C@@H](C(=O)O)N(C(=O)[C@H](C)CS)C1. The van der Waals surface area contributed by atoms with Crippen LogP contribution < -0.4 is 0 Å². The minimum Gasteiger partial charge on any atom is -0.480 e. The summed E-state index contributed by atoms with van der Waals surface area (Å²) >= 11 is 4.05. The molecule has 1 fully saturated rings. The summed E-state index contributed by atoms with van der Waals surface area (Å²) in [6, 6.07) is -0.764. The Balaban J connectivity index is 2.76. The van der Waals surface area contributed by atoms with E-state index in [2.05, 4.69) is 12.6 Å². The first kappa shape index (κ1) is 13.3. The Bertz CT molecular complexity index is 284. The molecule has 1 saturated heterocycles. The summed E-state index contributed by atoms with van der Waals surface area (Å²) in [6.07, 6.45) is 0.175. The lowest BCUT2D eigenvalue weighted by Gasteiger charge is -2.23. The van der Waals surface area contributed by atoms with Gasteiger partial charge >= 0.3 is 5.97 Å².